The average Bonchev–Trinajstić information content (AvgIpc) is 3.05. The Labute approximate surface area is 88.9 Å². The van der Waals surface area contributed by atoms with Gasteiger partial charge in [0.1, 0.15) is 6.54 Å². The third kappa shape index (κ3) is 4.49. The van der Waals surface area contributed by atoms with Crippen LogP contribution in [0.2, 0.25) is 0 Å². The zero-order valence-corrected chi connectivity index (χ0v) is 9.00. The van der Waals surface area contributed by atoms with Crippen LogP contribution in [0.4, 0.5) is 4.79 Å². The van der Waals surface area contributed by atoms with Crippen LogP contribution in [0.5, 0.6) is 0 Å². The molecule has 2 N–H and O–H groups in total. The maximum Gasteiger partial charge on any atom is 0.325 e. The van der Waals surface area contributed by atoms with E-state index in [4.69, 9.17) is 0 Å². The predicted molar refractivity (Wildman–Crippen MR) is 55.0 cm³/mol. The lowest BCUT2D eigenvalue weighted by Crippen LogP contribution is -2.36. The molecule has 0 aromatic rings. The SMILES string of the molecule is COC(=O)CNC(=O)N/C=C(\C)C1CC1. The van der Waals surface area contributed by atoms with Crippen LogP contribution >= 0.6 is 0 Å². The van der Waals surface area contributed by atoms with Crippen molar-refractivity contribution in [2.45, 2.75) is 19.8 Å². The molecule has 1 fully saturated rings. The molecule has 15 heavy (non-hydrogen) atoms. The largest absolute Gasteiger partial charge is 0.468 e. The maximum absolute atomic E-state index is 11.1. The molecule has 0 aromatic heterocycles. The van der Waals surface area contributed by atoms with Gasteiger partial charge in [-0.1, -0.05) is 5.57 Å². The Hall–Kier alpha value is -1.52. The summed E-state index contributed by atoms with van der Waals surface area (Å²) in [6.07, 6.45) is 4.09. The second kappa shape index (κ2) is 5.38. The van der Waals surface area contributed by atoms with Gasteiger partial charge in [0.25, 0.3) is 0 Å². The van der Waals surface area contributed by atoms with E-state index in [0.29, 0.717) is 5.92 Å². The van der Waals surface area contributed by atoms with Crippen molar-refractivity contribution in [1.82, 2.24) is 10.6 Å². The molecule has 1 aliphatic rings. The van der Waals surface area contributed by atoms with Crippen molar-refractivity contribution in [3.63, 3.8) is 0 Å². The first-order valence-electron chi connectivity index (χ1n) is 4.91. The number of urea groups is 1. The number of ether oxygens (including phenoxy) is 1. The zero-order chi connectivity index (χ0) is 11.3. The van der Waals surface area contributed by atoms with Crippen molar-refractivity contribution in [1.29, 1.82) is 0 Å². The van der Waals surface area contributed by atoms with E-state index in [9.17, 15) is 9.59 Å². The van der Waals surface area contributed by atoms with Crippen molar-refractivity contribution >= 4 is 12.0 Å². The van der Waals surface area contributed by atoms with E-state index in [1.54, 1.807) is 6.20 Å². The Morgan fingerprint density at radius 3 is 2.67 bits per heavy atom. The maximum atomic E-state index is 11.1. The average molecular weight is 212 g/mol. The van der Waals surface area contributed by atoms with Crippen molar-refractivity contribution < 1.29 is 14.3 Å². The zero-order valence-electron chi connectivity index (χ0n) is 9.00. The molecule has 84 valence electrons. The lowest BCUT2D eigenvalue weighted by atomic mass is 10.2. The quantitative estimate of drug-likeness (QED) is 0.676. The van der Waals surface area contributed by atoms with Crippen LogP contribution in [-0.4, -0.2) is 25.7 Å². The summed E-state index contributed by atoms with van der Waals surface area (Å²) in [5.74, 6) is 0.166. The van der Waals surface area contributed by atoms with Crippen LogP contribution in [0.3, 0.4) is 0 Å². The fourth-order valence-corrected chi connectivity index (χ4v) is 1.11. The molecule has 0 aromatic carbocycles. The van der Waals surface area contributed by atoms with Gasteiger partial charge in [0, 0.05) is 6.20 Å². The van der Waals surface area contributed by atoms with Gasteiger partial charge in [-0.3, -0.25) is 4.79 Å². The van der Waals surface area contributed by atoms with Gasteiger partial charge in [-0.15, -0.1) is 0 Å². The van der Waals surface area contributed by atoms with E-state index >= 15 is 0 Å². The van der Waals surface area contributed by atoms with Gasteiger partial charge in [0.05, 0.1) is 7.11 Å². The molecule has 1 saturated carbocycles. The minimum atomic E-state index is -0.465. The fourth-order valence-electron chi connectivity index (χ4n) is 1.11. The highest BCUT2D eigenvalue weighted by Gasteiger charge is 2.22. The van der Waals surface area contributed by atoms with E-state index in [2.05, 4.69) is 15.4 Å². The number of amides is 2. The van der Waals surface area contributed by atoms with Crippen LogP contribution in [0.1, 0.15) is 19.8 Å². The van der Waals surface area contributed by atoms with Crippen LogP contribution in [0.15, 0.2) is 11.8 Å². The minimum Gasteiger partial charge on any atom is -0.468 e. The summed E-state index contributed by atoms with van der Waals surface area (Å²) in [7, 11) is 1.28. The van der Waals surface area contributed by atoms with Crippen LogP contribution in [-0.2, 0) is 9.53 Å². The Morgan fingerprint density at radius 2 is 2.13 bits per heavy atom. The van der Waals surface area contributed by atoms with Gasteiger partial charge in [-0.05, 0) is 25.7 Å². The first-order valence-corrected chi connectivity index (χ1v) is 4.91. The molecule has 1 rings (SSSR count). The fraction of sp³-hybridized carbons (Fsp3) is 0.600. The van der Waals surface area contributed by atoms with Crippen molar-refractivity contribution in [3.05, 3.63) is 11.8 Å². The highest BCUT2D eigenvalue weighted by atomic mass is 16.5. The molecular weight excluding hydrogens is 196 g/mol. The summed E-state index contributed by atoms with van der Waals surface area (Å²) >= 11 is 0. The summed E-state index contributed by atoms with van der Waals surface area (Å²) in [5, 5.41) is 4.94. The number of nitrogens with one attached hydrogen (secondary N) is 2. The second-order valence-electron chi connectivity index (χ2n) is 3.57. The number of carbonyl (C=O) groups is 2. The standard InChI is InChI=1S/C10H16N2O3/c1-7(8-3-4-8)5-11-10(14)12-6-9(13)15-2/h5,8H,3-4,6H2,1-2H3,(H2,11,12,14)/b7-5+. The van der Waals surface area contributed by atoms with E-state index in [1.807, 2.05) is 6.92 Å². The number of rotatable bonds is 4. The van der Waals surface area contributed by atoms with Gasteiger partial charge in [0.15, 0.2) is 0 Å². The number of carbonyl (C=O) groups excluding carboxylic acids is 2. The van der Waals surface area contributed by atoms with E-state index in [1.165, 1.54) is 25.5 Å². The molecule has 5 nitrogen and oxygen atoms in total. The van der Waals surface area contributed by atoms with E-state index in [0.717, 1.165) is 0 Å². The lowest BCUT2D eigenvalue weighted by molar-refractivity contribution is -0.139. The second-order valence-corrected chi connectivity index (χ2v) is 3.57. The summed E-state index contributed by atoms with van der Waals surface area (Å²) < 4.78 is 4.38. The van der Waals surface area contributed by atoms with Gasteiger partial charge in [0.2, 0.25) is 0 Å². The summed E-state index contributed by atoms with van der Waals surface area (Å²) in [6.45, 7) is 1.87. The molecule has 0 saturated heterocycles. The minimum absolute atomic E-state index is 0.112. The van der Waals surface area contributed by atoms with Crippen molar-refractivity contribution in [2.75, 3.05) is 13.7 Å². The van der Waals surface area contributed by atoms with E-state index in [-0.39, 0.29) is 12.6 Å². The first-order chi connectivity index (χ1) is 7.13. The Kier molecular flexibility index (Phi) is 4.15. The highest BCUT2D eigenvalue weighted by Crippen LogP contribution is 2.35. The van der Waals surface area contributed by atoms with Gasteiger partial charge in [-0.2, -0.15) is 0 Å². The normalized spacial score (nSPS) is 15.7. The number of hydrogen-bond donors (Lipinski definition) is 2. The molecule has 5 heteroatoms. The monoisotopic (exact) mass is 212 g/mol. The highest BCUT2D eigenvalue weighted by molar-refractivity contribution is 5.81. The van der Waals surface area contributed by atoms with Crippen molar-refractivity contribution in [2.24, 2.45) is 5.92 Å². The molecule has 1 aliphatic carbocycles. The van der Waals surface area contributed by atoms with Gasteiger partial charge in [-0.25, -0.2) is 4.79 Å². The number of esters is 1. The van der Waals surface area contributed by atoms with Crippen LogP contribution < -0.4 is 10.6 Å². The molecule has 0 radical (unpaired) electrons. The predicted octanol–water partition coefficient (Wildman–Crippen LogP) is 0.772. The summed E-state index contributed by atoms with van der Waals surface area (Å²) in [5.41, 5.74) is 1.17. The lowest BCUT2D eigenvalue weighted by Gasteiger charge is -2.04. The molecule has 0 aliphatic heterocycles. The number of hydrogen-bond acceptors (Lipinski definition) is 3. The molecular formula is C10H16N2O3. The molecule has 0 bridgehead atoms. The first kappa shape index (κ1) is 11.6. The smallest absolute Gasteiger partial charge is 0.325 e. The summed E-state index contributed by atoms with van der Waals surface area (Å²) in [6, 6.07) is -0.389. The Bertz CT molecular complexity index is 282. The third-order valence-electron chi connectivity index (χ3n) is 2.27. The Morgan fingerprint density at radius 1 is 1.47 bits per heavy atom. The number of methoxy groups -OCH3 is 1. The topological polar surface area (TPSA) is 67.4 Å². The molecule has 0 atom stereocenters. The molecule has 0 unspecified atom stereocenters. The third-order valence-corrected chi connectivity index (χ3v) is 2.27. The number of allylic oxidation sites excluding steroid dienone is 1. The molecule has 2 amide bonds. The van der Waals surface area contributed by atoms with Crippen LogP contribution in [0.25, 0.3) is 0 Å². The Balaban J connectivity index is 2.18. The van der Waals surface area contributed by atoms with Crippen molar-refractivity contribution in [3.8, 4) is 0 Å². The molecule has 0 heterocycles. The summed E-state index contributed by atoms with van der Waals surface area (Å²) in [4.78, 5) is 21.8. The van der Waals surface area contributed by atoms with Gasteiger partial charge < -0.3 is 15.4 Å². The van der Waals surface area contributed by atoms with Crippen LogP contribution in [0, 0.1) is 5.92 Å². The van der Waals surface area contributed by atoms with E-state index < -0.39 is 5.97 Å². The molecule has 0 spiro atoms. The van der Waals surface area contributed by atoms with Gasteiger partial charge >= 0.3 is 12.0 Å².